The van der Waals surface area contributed by atoms with Crippen molar-refractivity contribution in [3.63, 3.8) is 0 Å². The average Bonchev–Trinajstić information content (AvgIpc) is 3.19. The molecule has 35 heavy (non-hydrogen) atoms. The molecule has 3 aromatic carbocycles. The summed E-state index contributed by atoms with van der Waals surface area (Å²) in [5.74, 6) is 0.797. The van der Waals surface area contributed by atoms with Gasteiger partial charge in [0.15, 0.2) is 16.7 Å². The van der Waals surface area contributed by atoms with E-state index in [9.17, 15) is 14.9 Å². The summed E-state index contributed by atoms with van der Waals surface area (Å²) in [6.07, 6.45) is 1.75. The van der Waals surface area contributed by atoms with E-state index in [1.165, 1.54) is 23.9 Å². The Morgan fingerprint density at radius 1 is 1.09 bits per heavy atom. The lowest BCUT2D eigenvalue weighted by atomic mass is 10.1. The second kappa shape index (κ2) is 11.1. The maximum Gasteiger partial charge on any atom is 0.269 e. The highest BCUT2D eigenvalue weighted by atomic mass is 35.5. The van der Waals surface area contributed by atoms with Crippen LogP contribution in [0.15, 0.2) is 76.6 Å². The molecule has 1 heterocycles. The van der Waals surface area contributed by atoms with E-state index in [4.69, 9.17) is 21.1 Å². The number of aliphatic imine (C=N–C) groups is 1. The van der Waals surface area contributed by atoms with E-state index in [-0.39, 0.29) is 18.2 Å². The molecule has 1 saturated heterocycles. The van der Waals surface area contributed by atoms with E-state index < -0.39 is 4.92 Å². The average molecular weight is 510 g/mol. The van der Waals surface area contributed by atoms with Gasteiger partial charge in [-0.3, -0.25) is 14.9 Å². The molecule has 1 aliphatic rings. The van der Waals surface area contributed by atoms with Gasteiger partial charge in [0.2, 0.25) is 0 Å². The number of rotatable bonds is 8. The van der Waals surface area contributed by atoms with Gasteiger partial charge in [-0.25, -0.2) is 4.99 Å². The molecule has 178 valence electrons. The number of carbonyl (C=O) groups excluding carboxylic acids is 1. The van der Waals surface area contributed by atoms with Crippen molar-refractivity contribution in [1.29, 1.82) is 0 Å². The predicted octanol–water partition coefficient (Wildman–Crippen LogP) is 6.12. The number of amides is 1. The first-order chi connectivity index (χ1) is 16.9. The van der Waals surface area contributed by atoms with Gasteiger partial charge in [0.05, 0.1) is 27.1 Å². The van der Waals surface area contributed by atoms with E-state index >= 15 is 0 Å². The molecule has 1 aliphatic heterocycles. The Hall–Kier alpha value is -3.82. The summed E-state index contributed by atoms with van der Waals surface area (Å²) in [5.41, 5.74) is 2.14. The lowest BCUT2D eigenvalue weighted by Crippen LogP contribution is -2.19. The maximum atomic E-state index is 12.5. The molecule has 1 fully saturated rings. The Morgan fingerprint density at radius 2 is 1.86 bits per heavy atom. The second-order valence-corrected chi connectivity index (χ2v) is 8.72. The number of para-hydroxylation sites is 1. The molecule has 8 nitrogen and oxygen atoms in total. The molecule has 10 heteroatoms. The Labute approximate surface area is 210 Å². The molecule has 3 aromatic rings. The quantitative estimate of drug-likeness (QED) is 0.223. The molecule has 0 unspecified atom stereocenters. The van der Waals surface area contributed by atoms with Gasteiger partial charge in [0, 0.05) is 12.1 Å². The first-order valence-corrected chi connectivity index (χ1v) is 11.8. The van der Waals surface area contributed by atoms with Crippen LogP contribution in [-0.2, 0) is 11.4 Å². The molecular formula is C25H20ClN3O5S. The summed E-state index contributed by atoms with van der Waals surface area (Å²) in [7, 11) is 0. The normalized spacial score (nSPS) is 15.3. The molecule has 0 aliphatic carbocycles. The fourth-order valence-corrected chi connectivity index (χ4v) is 4.17. The number of nitrogens with one attached hydrogen (secondary N) is 1. The van der Waals surface area contributed by atoms with Crippen LogP contribution in [0.25, 0.3) is 6.08 Å². The minimum Gasteiger partial charge on any atom is -0.490 e. The number of ether oxygens (including phenoxy) is 2. The molecule has 0 spiro atoms. The van der Waals surface area contributed by atoms with E-state index in [2.05, 4.69) is 10.3 Å². The molecule has 0 atom stereocenters. The number of halogens is 1. The number of hydrogen-bond acceptors (Lipinski definition) is 7. The lowest BCUT2D eigenvalue weighted by molar-refractivity contribution is -0.384. The first-order valence-electron chi connectivity index (χ1n) is 10.6. The van der Waals surface area contributed by atoms with E-state index in [1.54, 1.807) is 42.5 Å². The van der Waals surface area contributed by atoms with E-state index in [0.29, 0.717) is 38.9 Å². The van der Waals surface area contributed by atoms with Crippen molar-refractivity contribution in [2.24, 2.45) is 4.99 Å². The number of nitro groups is 1. The number of benzene rings is 3. The van der Waals surface area contributed by atoms with Gasteiger partial charge < -0.3 is 14.8 Å². The summed E-state index contributed by atoms with van der Waals surface area (Å²) >= 11 is 7.38. The summed E-state index contributed by atoms with van der Waals surface area (Å²) < 4.78 is 11.6. The molecule has 0 aromatic heterocycles. The van der Waals surface area contributed by atoms with Crippen LogP contribution in [0.4, 0.5) is 11.4 Å². The predicted molar refractivity (Wildman–Crippen MR) is 137 cm³/mol. The third kappa shape index (κ3) is 6.20. The number of amidine groups is 1. The number of non-ortho nitro benzene ring substituents is 1. The van der Waals surface area contributed by atoms with Gasteiger partial charge in [0.25, 0.3) is 11.6 Å². The monoisotopic (exact) mass is 509 g/mol. The van der Waals surface area contributed by atoms with Gasteiger partial charge in [0.1, 0.15) is 6.61 Å². The topological polar surface area (TPSA) is 103 Å². The number of nitrogens with zero attached hydrogens (tertiary/aromatic N) is 2. The fraction of sp³-hybridized carbons (Fsp3) is 0.120. The first kappa shape index (κ1) is 24.3. The van der Waals surface area contributed by atoms with Crippen molar-refractivity contribution in [2.45, 2.75) is 13.5 Å². The molecule has 1 amide bonds. The lowest BCUT2D eigenvalue weighted by Gasteiger charge is -2.13. The van der Waals surface area contributed by atoms with Gasteiger partial charge in [-0.2, -0.15) is 0 Å². The van der Waals surface area contributed by atoms with Crippen molar-refractivity contribution in [3.8, 4) is 11.5 Å². The Balaban J connectivity index is 1.49. The highest BCUT2D eigenvalue weighted by Gasteiger charge is 2.24. The van der Waals surface area contributed by atoms with Crippen LogP contribution in [0.3, 0.4) is 0 Å². The summed E-state index contributed by atoms with van der Waals surface area (Å²) in [4.78, 5) is 27.7. The molecule has 0 saturated carbocycles. The van der Waals surface area contributed by atoms with E-state index in [0.717, 1.165) is 11.1 Å². The van der Waals surface area contributed by atoms with Crippen LogP contribution < -0.4 is 14.8 Å². The number of carbonyl (C=O) groups is 1. The number of thioether (sulfide) groups is 1. The van der Waals surface area contributed by atoms with Crippen molar-refractivity contribution >= 4 is 51.9 Å². The Morgan fingerprint density at radius 3 is 2.57 bits per heavy atom. The highest BCUT2D eigenvalue weighted by molar-refractivity contribution is 8.18. The van der Waals surface area contributed by atoms with Crippen LogP contribution in [0.5, 0.6) is 11.5 Å². The molecular weight excluding hydrogens is 490 g/mol. The Kier molecular flexibility index (Phi) is 7.69. The maximum absolute atomic E-state index is 12.5. The third-order valence-corrected chi connectivity index (χ3v) is 6.06. The Bertz CT molecular complexity index is 1320. The van der Waals surface area contributed by atoms with Gasteiger partial charge >= 0.3 is 0 Å². The summed E-state index contributed by atoms with van der Waals surface area (Å²) in [5, 5.41) is 14.5. The minimum absolute atomic E-state index is 0.0232. The standard InChI is InChI=1S/C25H20ClN3O5S/c1-2-33-22-13-17(9-12-21(22)34-15-16-7-10-18(11-8-16)29(31)32)14-23-24(30)28-25(35-23)27-20-6-4-3-5-19(20)26/h3-14H,2,15H2,1H3,(H,27,28,30)/b23-14+. The minimum atomic E-state index is -0.445. The third-order valence-electron chi connectivity index (χ3n) is 4.83. The van der Waals surface area contributed by atoms with Crippen molar-refractivity contribution in [1.82, 2.24) is 5.32 Å². The van der Waals surface area contributed by atoms with Crippen molar-refractivity contribution in [2.75, 3.05) is 6.61 Å². The molecule has 1 N–H and O–H groups in total. The fourth-order valence-electron chi connectivity index (χ4n) is 3.16. The molecule has 0 radical (unpaired) electrons. The van der Waals surface area contributed by atoms with Crippen LogP contribution in [-0.4, -0.2) is 22.6 Å². The largest absolute Gasteiger partial charge is 0.490 e. The smallest absolute Gasteiger partial charge is 0.269 e. The number of hydrogen-bond donors (Lipinski definition) is 1. The summed E-state index contributed by atoms with van der Waals surface area (Å²) in [6.45, 7) is 2.51. The van der Waals surface area contributed by atoms with Crippen LogP contribution in [0, 0.1) is 10.1 Å². The van der Waals surface area contributed by atoms with Gasteiger partial charge in [-0.05, 0) is 72.3 Å². The van der Waals surface area contributed by atoms with Crippen molar-refractivity contribution < 1.29 is 19.2 Å². The van der Waals surface area contributed by atoms with E-state index in [1.807, 2.05) is 25.1 Å². The zero-order valence-electron chi connectivity index (χ0n) is 18.6. The van der Waals surface area contributed by atoms with Crippen LogP contribution in [0.1, 0.15) is 18.1 Å². The second-order valence-electron chi connectivity index (χ2n) is 7.28. The zero-order chi connectivity index (χ0) is 24.8. The molecule has 0 bridgehead atoms. The van der Waals surface area contributed by atoms with Gasteiger partial charge in [-0.15, -0.1) is 0 Å². The SMILES string of the molecule is CCOc1cc(/C=C2/SC(=Nc3ccccc3Cl)NC2=O)ccc1OCc1ccc([N+](=O)[O-])cc1. The number of nitro benzene ring substituents is 1. The van der Waals surface area contributed by atoms with Crippen LogP contribution >= 0.6 is 23.4 Å². The van der Waals surface area contributed by atoms with Crippen molar-refractivity contribution in [3.05, 3.63) is 97.9 Å². The van der Waals surface area contributed by atoms with Crippen LogP contribution in [0.2, 0.25) is 5.02 Å². The molecule has 4 rings (SSSR count). The highest BCUT2D eigenvalue weighted by Crippen LogP contribution is 2.34. The van der Waals surface area contributed by atoms with Gasteiger partial charge in [-0.1, -0.05) is 29.8 Å². The summed E-state index contributed by atoms with van der Waals surface area (Å²) in [6, 6.07) is 18.7. The zero-order valence-corrected chi connectivity index (χ0v) is 20.1.